The number of alkyl halides is 1. The number of benzene rings is 1. The summed E-state index contributed by atoms with van der Waals surface area (Å²) in [5.41, 5.74) is 2.55. The van der Waals surface area contributed by atoms with Gasteiger partial charge < -0.3 is 0 Å². The van der Waals surface area contributed by atoms with Crippen LogP contribution in [0, 0.1) is 12.8 Å². The van der Waals surface area contributed by atoms with E-state index in [1.165, 1.54) is 17.5 Å². The van der Waals surface area contributed by atoms with Crippen molar-refractivity contribution < 1.29 is 0 Å². The van der Waals surface area contributed by atoms with Gasteiger partial charge in [0.15, 0.2) is 0 Å². The van der Waals surface area contributed by atoms with Crippen LogP contribution in [-0.4, -0.2) is 4.83 Å². The average molecular weight is 290 g/mol. The van der Waals surface area contributed by atoms with E-state index >= 15 is 0 Å². The maximum absolute atomic E-state index is 6.00. The summed E-state index contributed by atoms with van der Waals surface area (Å²) in [5.74, 6) is 0.663. The SMILES string of the molecule is CCC(Br)C(C)Cc1ccc(Cl)c(C)c1. The summed E-state index contributed by atoms with van der Waals surface area (Å²) >= 11 is 9.70. The number of hydrogen-bond acceptors (Lipinski definition) is 0. The predicted molar refractivity (Wildman–Crippen MR) is 72.1 cm³/mol. The van der Waals surface area contributed by atoms with E-state index in [0.29, 0.717) is 10.7 Å². The van der Waals surface area contributed by atoms with Crippen LogP contribution >= 0.6 is 27.5 Å². The molecule has 1 aromatic carbocycles. The molecule has 0 aliphatic carbocycles. The van der Waals surface area contributed by atoms with Crippen LogP contribution < -0.4 is 0 Å². The largest absolute Gasteiger partial charge is 0.0888 e. The third-order valence-corrected chi connectivity index (χ3v) is 4.76. The van der Waals surface area contributed by atoms with Gasteiger partial charge >= 0.3 is 0 Å². The van der Waals surface area contributed by atoms with Gasteiger partial charge in [-0.2, -0.15) is 0 Å². The Hall–Kier alpha value is -0.0100. The van der Waals surface area contributed by atoms with Crippen molar-refractivity contribution in [1.82, 2.24) is 0 Å². The minimum atomic E-state index is 0.605. The Labute approximate surface area is 106 Å². The van der Waals surface area contributed by atoms with Crippen molar-refractivity contribution in [3.8, 4) is 0 Å². The topological polar surface area (TPSA) is 0 Å². The summed E-state index contributed by atoms with van der Waals surface area (Å²) in [6.07, 6.45) is 2.29. The molecule has 0 spiro atoms. The first-order chi connectivity index (χ1) is 7.04. The zero-order chi connectivity index (χ0) is 11.4. The zero-order valence-corrected chi connectivity index (χ0v) is 11.9. The summed E-state index contributed by atoms with van der Waals surface area (Å²) in [6, 6.07) is 6.31. The van der Waals surface area contributed by atoms with Gasteiger partial charge in [-0.25, -0.2) is 0 Å². The second-order valence-electron chi connectivity index (χ2n) is 4.19. The van der Waals surface area contributed by atoms with Gasteiger partial charge in [0, 0.05) is 9.85 Å². The van der Waals surface area contributed by atoms with E-state index in [2.05, 4.69) is 48.8 Å². The molecular formula is C13H18BrCl. The molecule has 0 fully saturated rings. The Kier molecular flexibility index (Phi) is 5.14. The van der Waals surface area contributed by atoms with Crippen LogP contribution in [0.5, 0.6) is 0 Å². The van der Waals surface area contributed by atoms with Gasteiger partial charge in [0.2, 0.25) is 0 Å². The lowest BCUT2D eigenvalue weighted by Gasteiger charge is -2.17. The summed E-state index contributed by atoms with van der Waals surface area (Å²) in [7, 11) is 0. The number of halogens is 2. The van der Waals surface area contributed by atoms with Crippen molar-refractivity contribution in [3.63, 3.8) is 0 Å². The predicted octanol–water partition coefficient (Wildman–Crippen LogP) is 5.00. The lowest BCUT2D eigenvalue weighted by atomic mass is 9.96. The molecule has 2 atom stereocenters. The van der Waals surface area contributed by atoms with Gasteiger partial charge in [0.05, 0.1) is 0 Å². The van der Waals surface area contributed by atoms with Gasteiger partial charge in [-0.3, -0.25) is 0 Å². The molecule has 84 valence electrons. The standard InChI is InChI=1S/C13H18BrCl/c1-4-12(14)9(2)7-11-5-6-13(15)10(3)8-11/h5-6,8-9,12H,4,7H2,1-3H3. The first-order valence-corrected chi connectivity index (χ1v) is 6.73. The highest BCUT2D eigenvalue weighted by Gasteiger charge is 2.12. The molecule has 1 aromatic rings. The van der Waals surface area contributed by atoms with E-state index in [4.69, 9.17) is 11.6 Å². The average Bonchev–Trinajstić information content (AvgIpc) is 2.22. The minimum absolute atomic E-state index is 0.605. The summed E-state index contributed by atoms with van der Waals surface area (Å²) in [4.78, 5) is 0.605. The van der Waals surface area contributed by atoms with E-state index in [-0.39, 0.29) is 0 Å². The second kappa shape index (κ2) is 5.91. The molecule has 0 aliphatic rings. The molecule has 1 rings (SSSR count). The summed E-state index contributed by atoms with van der Waals surface area (Å²) in [5, 5.41) is 0.859. The monoisotopic (exact) mass is 288 g/mol. The highest BCUT2D eigenvalue weighted by atomic mass is 79.9. The Morgan fingerprint density at radius 2 is 2.07 bits per heavy atom. The molecule has 0 nitrogen and oxygen atoms in total. The Morgan fingerprint density at radius 3 is 2.60 bits per heavy atom. The first kappa shape index (κ1) is 13.1. The maximum Gasteiger partial charge on any atom is 0.0435 e. The molecule has 2 unspecified atom stereocenters. The molecule has 0 bridgehead atoms. The van der Waals surface area contributed by atoms with E-state index in [9.17, 15) is 0 Å². The van der Waals surface area contributed by atoms with Crippen molar-refractivity contribution in [2.75, 3.05) is 0 Å². The van der Waals surface area contributed by atoms with Crippen LogP contribution in [0.25, 0.3) is 0 Å². The van der Waals surface area contributed by atoms with Crippen molar-refractivity contribution >= 4 is 27.5 Å². The van der Waals surface area contributed by atoms with Crippen LogP contribution in [0.2, 0.25) is 5.02 Å². The third kappa shape index (κ3) is 3.81. The molecule has 0 amide bonds. The van der Waals surface area contributed by atoms with E-state index < -0.39 is 0 Å². The Morgan fingerprint density at radius 1 is 1.40 bits per heavy atom. The van der Waals surface area contributed by atoms with E-state index in [1.54, 1.807) is 0 Å². The van der Waals surface area contributed by atoms with Gasteiger partial charge in [0.1, 0.15) is 0 Å². The molecule has 0 aliphatic heterocycles. The normalized spacial score (nSPS) is 15.0. The molecule has 0 heterocycles. The summed E-state index contributed by atoms with van der Waals surface area (Å²) in [6.45, 7) is 6.55. The maximum atomic E-state index is 6.00. The van der Waals surface area contributed by atoms with Crippen LogP contribution in [0.1, 0.15) is 31.4 Å². The van der Waals surface area contributed by atoms with Crippen LogP contribution in [0.3, 0.4) is 0 Å². The van der Waals surface area contributed by atoms with E-state index in [0.717, 1.165) is 11.4 Å². The molecule has 0 aromatic heterocycles. The smallest absolute Gasteiger partial charge is 0.0435 e. The summed E-state index contributed by atoms with van der Waals surface area (Å²) < 4.78 is 0. The van der Waals surface area contributed by atoms with Gasteiger partial charge in [-0.1, -0.05) is 53.5 Å². The fourth-order valence-electron chi connectivity index (χ4n) is 1.74. The molecule has 0 saturated heterocycles. The zero-order valence-electron chi connectivity index (χ0n) is 9.56. The molecule has 0 saturated carbocycles. The number of aryl methyl sites for hydroxylation is 1. The van der Waals surface area contributed by atoms with Crippen LogP contribution in [0.4, 0.5) is 0 Å². The Bertz CT molecular complexity index is 322. The van der Waals surface area contributed by atoms with Crippen molar-refractivity contribution in [1.29, 1.82) is 0 Å². The van der Waals surface area contributed by atoms with Crippen LogP contribution in [0.15, 0.2) is 18.2 Å². The molecular weight excluding hydrogens is 272 g/mol. The molecule has 0 radical (unpaired) electrons. The fraction of sp³-hybridized carbons (Fsp3) is 0.538. The minimum Gasteiger partial charge on any atom is -0.0888 e. The second-order valence-corrected chi connectivity index (χ2v) is 5.77. The van der Waals surface area contributed by atoms with Crippen molar-refractivity contribution in [2.24, 2.45) is 5.92 Å². The highest BCUT2D eigenvalue weighted by molar-refractivity contribution is 9.09. The lowest BCUT2D eigenvalue weighted by molar-refractivity contribution is 0.545. The van der Waals surface area contributed by atoms with Crippen LogP contribution in [-0.2, 0) is 6.42 Å². The first-order valence-electron chi connectivity index (χ1n) is 5.43. The molecule has 2 heteroatoms. The molecule has 15 heavy (non-hydrogen) atoms. The quantitative estimate of drug-likeness (QED) is 0.684. The Balaban J connectivity index is 2.68. The van der Waals surface area contributed by atoms with Gasteiger partial charge in [-0.15, -0.1) is 0 Å². The third-order valence-electron chi connectivity index (χ3n) is 2.79. The van der Waals surface area contributed by atoms with E-state index in [1.807, 2.05) is 6.07 Å². The number of hydrogen-bond donors (Lipinski definition) is 0. The molecule has 0 N–H and O–H groups in total. The number of rotatable bonds is 4. The van der Waals surface area contributed by atoms with Crippen molar-refractivity contribution in [3.05, 3.63) is 34.3 Å². The van der Waals surface area contributed by atoms with Gasteiger partial charge in [0.25, 0.3) is 0 Å². The van der Waals surface area contributed by atoms with Gasteiger partial charge in [-0.05, 0) is 42.9 Å². The lowest BCUT2D eigenvalue weighted by Crippen LogP contribution is -2.12. The fourth-order valence-corrected chi connectivity index (χ4v) is 2.04. The highest BCUT2D eigenvalue weighted by Crippen LogP contribution is 2.23. The van der Waals surface area contributed by atoms with Crippen molar-refractivity contribution in [2.45, 2.75) is 38.4 Å².